The second-order valence-electron chi connectivity index (χ2n) is 3.47. The number of nitrogen functional groups attached to an aromatic ring is 1. The Labute approximate surface area is 77.0 Å². The van der Waals surface area contributed by atoms with Gasteiger partial charge in [-0.3, -0.25) is 0 Å². The van der Waals surface area contributed by atoms with Gasteiger partial charge in [0.2, 0.25) is 5.95 Å². The number of nitrogens with two attached hydrogens (primary N) is 1. The topological polar surface area (TPSA) is 84.1 Å². The maximum Gasteiger partial charge on any atom is 0.221 e. The summed E-state index contributed by atoms with van der Waals surface area (Å²) in [6.45, 7) is 3.85. The van der Waals surface area contributed by atoms with E-state index in [4.69, 9.17) is 5.73 Å². The molecule has 0 aliphatic rings. The van der Waals surface area contributed by atoms with Gasteiger partial charge in [-0.05, 0) is 19.9 Å². The summed E-state index contributed by atoms with van der Waals surface area (Å²) >= 11 is 0. The first-order chi connectivity index (χ1) is 5.97. The van der Waals surface area contributed by atoms with Crippen molar-refractivity contribution in [1.29, 1.82) is 0 Å². The lowest BCUT2D eigenvalue weighted by Crippen LogP contribution is -2.29. The van der Waals surface area contributed by atoms with E-state index >= 15 is 0 Å². The second kappa shape index (κ2) is 3.57. The molecule has 5 nitrogen and oxygen atoms in total. The Morgan fingerprint density at radius 3 is 2.85 bits per heavy atom. The molecule has 0 bridgehead atoms. The van der Waals surface area contributed by atoms with Crippen LogP contribution in [0.2, 0.25) is 0 Å². The maximum atomic E-state index is 9.41. The van der Waals surface area contributed by atoms with Crippen molar-refractivity contribution in [2.45, 2.75) is 19.4 Å². The molecule has 0 aliphatic heterocycles. The fourth-order valence-electron chi connectivity index (χ4n) is 0.779. The van der Waals surface area contributed by atoms with E-state index in [-0.39, 0.29) is 5.95 Å². The molecule has 0 amide bonds. The Morgan fingerprint density at radius 1 is 1.62 bits per heavy atom. The molecule has 1 heterocycles. The number of aromatic nitrogens is 2. The van der Waals surface area contributed by atoms with Crippen LogP contribution in [0.15, 0.2) is 12.3 Å². The third-order valence-electron chi connectivity index (χ3n) is 1.38. The zero-order valence-electron chi connectivity index (χ0n) is 7.78. The average Bonchev–Trinajstić information content (AvgIpc) is 2.00. The number of nitrogens with one attached hydrogen (secondary N) is 1. The molecule has 0 saturated heterocycles. The fourth-order valence-corrected chi connectivity index (χ4v) is 0.779. The highest BCUT2D eigenvalue weighted by atomic mass is 16.3. The van der Waals surface area contributed by atoms with Crippen molar-refractivity contribution in [3.63, 3.8) is 0 Å². The molecule has 0 unspecified atom stereocenters. The van der Waals surface area contributed by atoms with Crippen LogP contribution in [-0.4, -0.2) is 27.2 Å². The summed E-state index contributed by atoms with van der Waals surface area (Å²) in [5.41, 5.74) is 4.61. The van der Waals surface area contributed by atoms with Crippen LogP contribution < -0.4 is 11.1 Å². The first-order valence-corrected chi connectivity index (χ1v) is 4.02. The first-order valence-electron chi connectivity index (χ1n) is 4.02. The minimum absolute atomic E-state index is 0.223. The van der Waals surface area contributed by atoms with Crippen molar-refractivity contribution in [2.24, 2.45) is 0 Å². The van der Waals surface area contributed by atoms with E-state index in [9.17, 15) is 5.11 Å². The minimum Gasteiger partial charge on any atom is -0.389 e. The molecule has 0 fully saturated rings. The number of hydrogen-bond acceptors (Lipinski definition) is 5. The third-order valence-corrected chi connectivity index (χ3v) is 1.38. The lowest BCUT2D eigenvalue weighted by molar-refractivity contribution is 0.0944. The molecule has 0 aliphatic carbocycles. The van der Waals surface area contributed by atoms with Gasteiger partial charge in [-0.25, -0.2) is 4.98 Å². The highest BCUT2D eigenvalue weighted by Gasteiger charge is 2.11. The molecule has 1 aromatic rings. The average molecular weight is 182 g/mol. The number of aliphatic hydroxyl groups is 1. The molecule has 1 rings (SSSR count). The first kappa shape index (κ1) is 9.73. The van der Waals surface area contributed by atoms with Crippen molar-refractivity contribution in [1.82, 2.24) is 9.97 Å². The van der Waals surface area contributed by atoms with Crippen molar-refractivity contribution in [3.8, 4) is 0 Å². The maximum absolute atomic E-state index is 9.41. The van der Waals surface area contributed by atoms with E-state index < -0.39 is 5.60 Å². The van der Waals surface area contributed by atoms with Gasteiger partial charge in [0.15, 0.2) is 0 Å². The van der Waals surface area contributed by atoms with Crippen LogP contribution in [0.3, 0.4) is 0 Å². The number of rotatable bonds is 3. The predicted octanol–water partition coefficient (Wildman–Crippen LogP) is 0.242. The van der Waals surface area contributed by atoms with Gasteiger partial charge in [-0.2, -0.15) is 4.98 Å². The highest BCUT2D eigenvalue weighted by molar-refractivity contribution is 5.37. The Morgan fingerprint density at radius 2 is 2.31 bits per heavy atom. The van der Waals surface area contributed by atoms with Crippen molar-refractivity contribution in [3.05, 3.63) is 12.3 Å². The summed E-state index contributed by atoms with van der Waals surface area (Å²) in [6.07, 6.45) is 1.56. The van der Waals surface area contributed by atoms with Crippen LogP contribution in [0.5, 0.6) is 0 Å². The largest absolute Gasteiger partial charge is 0.389 e. The third kappa shape index (κ3) is 3.71. The number of anilines is 2. The van der Waals surface area contributed by atoms with Gasteiger partial charge in [0.25, 0.3) is 0 Å². The van der Waals surface area contributed by atoms with Gasteiger partial charge in [0, 0.05) is 12.7 Å². The SMILES string of the molecule is CC(C)(O)CNc1ccnc(N)n1. The van der Waals surface area contributed by atoms with E-state index in [0.717, 1.165) is 0 Å². The van der Waals surface area contributed by atoms with Crippen molar-refractivity contribution < 1.29 is 5.11 Å². The van der Waals surface area contributed by atoms with Crippen LogP contribution >= 0.6 is 0 Å². The summed E-state index contributed by atoms with van der Waals surface area (Å²) in [6, 6.07) is 1.70. The molecule has 0 saturated carbocycles. The van der Waals surface area contributed by atoms with Crippen LogP contribution in [0.25, 0.3) is 0 Å². The molecule has 0 spiro atoms. The number of nitrogens with zero attached hydrogens (tertiary/aromatic N) is 2. The lowest BCUT2D eigenvalue weighted by atomic mass is 10.1. The molecule has 4 N–H and O–H groups in total. The van der Waals surface area contributed by atoms with Crippen molar-refractivity contribution >= 4 is 11.8 Å². The molecule has 0 atom stereocenters. The predicted molar refractivity (Wildman–Crippen MR) is 51.2 cm³/mol. The zero-order chi connectivity index (χ0) is 9.90. The van der Waals surface area contributed by atoms with Gasteiger partial charge >= 0.3 is 0 Å². The quantitative estimate of drug-likeness (QED) is 0.623. The minimum atomic E-state index is -0.764. The summed E-state index contributed by atoms with van der Waals surface area (Å²) in [7, 11) is 0. The van der Waals surface area contributed by atoms with Gasteiger partial charge in [0.05, 0.1) is 5.60 Å². The Balaban J connectivity index is 2.55. The van der Waals surface area contributed by atoms with E-state index in [1.807, 2.05) is 0 Å². The zero-order valence-corrected chi connectivity index (χ0v) is 7.78. The van der Waals surface area contributed by atoms with Crippen LogP contribution in [0.4, 0.5) is 11.8 Å². The normalized spacial score (nSPS) is 11.3. The van der Waals surface area contributed by atoms with E-state index in [1.54, 1.807) is 26.1 Å². The molecule has 1 aromatic heterocycles. The van der Waals surface area contributed by atoms with Gasteiger partial charge in [-0.1, -0.05) is 0 Å². The van der Waals surface area contributed by atoms with Crippen molar-refractivity contribution in [2.75, 3.05) is 17.6 Å². The Hall–Kier alpha value is -1.36. The Bertz CT molecular complexity index is 282. The summed E-state index contributed by atoms with van der Waals surface area (Å²) in [5.74, 6) is 0.843. The molecule has 5 heteroatoms. The van der Waals surface area contributed by atoms with Crippen LogP contribution in [0, 0.1) is 0 Å². The van der Waals surface area contributed by atoms with E-state index in [1.165, 1.54) is 0 Å². The fraction of sp³-hybridized carbons (Fsp3) is 0.500. The van der Waals surface area contributed by atoms with Gasteiger partial charge in [0.1, 0.15) is 5.82 Å². The van der Waals surface area contributed by atoms with E-state index in [2.05, 4.69) is 15.3 Å². The van der Waals surface area contributed by atoms with Crippen LogP contribution in [0.1, 0.15) is 13.8 Å². The molecular weight excluding hydrogens is 168 g/mol. The second-order valence-corrected chi connectivity index (χ2v) is 3.47. The summed E-state index contributed by atoms with van der Waals surface area (Å²) in [4.78, 5) is 7.67. The monoisotopic (exact) mass is 182 g/mol. The molecule has 0 aromatic carbocycles. The van der Waals surface area contributed by atoms with Crippen LogP contribution in [-0.2, 0) is 0 Å². The Kier molecular flexibility index (Phi) is 2.67. The summed E-state index contributed by atoms with van der Waals surface area (Å²) in [5, 5.41) is 12.4. The molecular formula is C8H14N4O. The molecule has 0 radical (unpaired) electrons. The van der Waals surface area contributed by atoms with E-state index in [0.29, 0.717) is 12.4 Å². The molecule has 72 valence electrons. The van der Waals surface area contributed by atoms with Gasteiger partial charge in [-0.15, -0.1) is 0 Å². The standard InChI is InChI=1S/C8H14N4O/c1-8(2,13)5-11-6-3-4-10-7(9)12-6/h3-4,13H,5H2,1-2H3,(H3,9,10,11,12). The summed E-state index contributed by atoms with van der Waals surface area (Å²) < 4.78 is 0. The highest BCUT2D eigenvalue weighted by Crippen LogP contribution is 2.06. The smallest absolute Gasteiger partial charge is 0.221 e. The lowest BCUT2D eigenvalue weighted by Gasteiger charge is -2.17. The number of hydrogen-bond donors (Lipinski definition) is 3. The molecule has 13 heavy (non-hydrogen) atoms. The van der Waals surface area contributed by atoms with Gasteiger partial charge < -0.3 is 16.2 Å².